The van der Waals surface area contributed by atoms with E-state index in [9.17, 15) is 8.78 Å². The highest BCUT2D eigenvalue weighted by atomic mass is 32.2. The summed E-state index contributed by atoms with van der Waals surface area (Å²) in [6.45, 7) is 5.07. The van der Waals surface area contributed by atoms with E-state index in [4.69, 9.17) is 4.42 Å². The Labute approximate surface area is 98.1 Å². The van der Waals surface area contributed by atoms with E-state index >= 15 is 0 Å². The lowest BCUT2D eigenvalue weighted by atomic mass is 10.4. The van der Waals surface area contributed by atoms with Crippen LogP contribution in [0.2, 0.25) is 0 Å². The number of nitrogens with one attached hydrogen (secondary N) is 1. The summed E-state index contributed by atoms with van der Waals surface area (Å²) in [5.41, 5.74) is 0. The zero-order valence-corrected chi connectivity index (χ0v) is 9.73. The van der Waals surface area contributed by atoms with Crippen molar-refractivity contribution < 1.29 is 13.2 Å². The number of halogens is 2. The van der Waals surface area contributed by atoms with Crippen molar-refractivity contribution in [1.29, 1.82) is 0 Å². The van der Waals surface area contributed by atoms with Crippen LogP contribution in [-0.2, 0) is 12.3 Å². The lowest BCUT2D eigenvalue weighted by molar-refractivity contribution is 0.251. The quantitative estimate of drug-likeness (QED) is 0.563. The van der Waals surface area contributed by atoms with Crippen LogP contribution < -0.4 is 5.32 Å². The molecule has 0 unspecified atom stereocenters. The van der Waals surface area contributed by atoms with Crippen molar-refractivity contribution in [3.05, 3.63) is 36.3 Å². The van der Waals surface area contributed by atoms with Crippen molar-refractivity contribution in [2.45, 2.75) is 24.5 Å². The maximum Gasteiger partial charge on any atom is 0.284 e. The molecule has 0 aliphatic carbocycles. The van der Waals surface area contributed by atoms with Crippen molar-refractivity contribution >= 4 is 11.8 Å². The van der Waals surface area contributed by atoms with Gasteiger partial charge < -0.3 is 9.73 Å². The molecule has 0 radical (unpaired) electrons. The molecule has 0 saturated heterocycles. The Morgan fingerprint density at radius 3 is 2.88 bits per heavy atom. The molecule has 1 aromatic rings. The first-order valence-electron chi connectivity index (χ1n) is 5.01. The first-order chi connectivity index (χ1) is 7.72. The summed E-state index contributed by atoms with van der Waals surface area (Å²) in [7, 11) is 0. The predicted octanol–water partition coefficient (Wildman–Crippen LogP) is 3.40. The highest BCUT2D eigenvalue weighted by Gasteiger charge is 2.06. The number of alkyl halides is 2. The first-order valence-corrected chi connectivity index (χ1v) is 6.06. The van der Waals surface area contributed by atoms with Gasteiger partial charge in [0, 0.05) is 0 Å². The van der Waals surface area contributed by atoms with Gasteiger partial charge in [-0.25, -0.2) is 0 Å². The Bertz CT molecular complexity index is 315. The fourth-order valence-corrected chi connectivity index (χ4v) is 1.60. The van der Waals surface area contributed by atoms with E-state index in [-0.39, 0.29) is 5.75 Å². The SMILES string of the molecule is C=CCCNCc1ccc(CSC(F)F)o1. The minimum atomic E-state index is -2.35. The van der Waals surface area contributed by atoms with Gasteiger partial charge in [-0.15, -0.1) is 6.58 Å². The average molecular weight is 247 g/mol. The smallest absolute Gasteiger partial charge is 0.284 e. The third-order valence-corrected chi connectivity index (χ3v) is 2.60. The van der Waals surface area contributed by atoms with Crippen LogP contribution in [0.5, 0.6) is 0 Å². The second-order valence-electron chi connectivity index (χ2n) is 3.19. The molecule has 0 aromatic carbocycles. The molecule has 1 heterocycles. The summed E-state index contributed by atoms with van der Waals surface area (Å²) in [6.07, 6.45) is 2.73. The Morgan fingerprint density at radius 1 is 1.44 bits per heavy atom. The van der Waals surface area contributed by atoms with Gasteiger partial charge in [0.15, 0.2) is 0 Å². The molecule has 2 nitrogen and oxygen atoms in total. The lowest BCUT2D eigenvalue weighted by Crippen LogP contribution is -2.13. The monoisotopic (exact) mass is 247 g/mol. The average Bonchev–Trinajstić information content (AvgIpc) is 2.70. The molecular formula is C11H15F2NOS. The van der Waals surface area contributed by atoms with Crippen molar-refractivity contribution in [1.82, 2.24) is 5.32 Å². The largest absolute Gasteiger partial charge is 0.464 e. The Morgan fingerprint density at radius 2 is 2.19 bits per heavy atom. The second-order valence-corrected chi connectivity index (χ2v) is 4.17. The zero-order valence-electron chi connectivity index (χ0n) is 8.92. The molecular weight excluding hydrogens is 232 g/mol. The van der Waals surface area contributed by atoms with E-state index in [0.29, 0.717) is 24.1 Å². The van der Waals surface area contributed by atoms with Crippen molar-refractivity contribution in [3.8, 4) is 0 Å². The van der Waals surface area contributed by atoms with Gasteiger partial charge in [0.2, 0.25) is 0 Å². The van der Waals surface area contributed by atoms with Crippen LogP contribution in [0.25, 0.3) is 0 Å². The second kappa shape index (κ2) is 7.46. The summed E-state index contributed by atoms with van der Waals surface area (Å²) >= 11 is 0.569. The first kappa shape index (κ1) is 13.3. The Balaban J connectivity index is 2.25. The van der Waals surface area contributed by atoms with E-state index in [1.165, 1.54) is 0 Å². The molecule has 1 aromatic heterocycles. The highest BCUT2D eigenvalue weighted by molar-refractivity contribution is 7.98. The third kappa shape index (κ3) is 5.32. The van der Waals surface area contributed by atoms with E-state index < -0.39 is 5.76 Å². The van der Waals surface area contributed by atoms with Crippen molar-refractivity contribution in [3.63, 3.8) is 0 Å². The number of furan rings is 1. The van der Waals surface area contributed by atoms with Gasteiger partial charge in [0.25, 0.3) is 5.76 Å². The minimum absolute atomic E-state index is 0.213. The number of hydrogen-bond donors (Lipinski definition) is 1. The molecule has 90 valence electrons. The number of hydrogen-bond acceptors (Lipinski definition) is 3. The molecule has 1 rings (SSSR count). The molecule has 0 aliphatic heterocycles. The van der Waals surface area contributed by atoms with Crippen molar-refractivity contribution in [2.24, 2.45) is 0 Å². The Hall–Kier alpha value is -0.810. The fourth-order valence-electron chi connectivity index (χ4n) is 1.16. The fraction of sp³-hybridized carbons (Fsp3) is 0.455. The molecule has 0 saturated carbocycles. The topological polar surface area (TPSA) is 25.2 Å². The van der Waals surface area contributed by atoms with E-state index in [1.54, 1.807) is 6.07 Å². The molecule has 0 bridgehead atoms. The molecule has 5 heteroatoms. The minimum Gasteiger partial charge on any atom is -0.464 e. The molecule has 1 N–H and O–H groups in total. The molecule has 0 fully saturated rings. The predicted molar refractivity (Wildman–Crippen MR) is 62.5 cm³/mol. The van der Waals surface area contributed by atoms with E-state index in [0.717, 1.165) is 18.7 Å². The van der Waals surface area contributed by atoms with Gasteiger partial charge in [0.1, 0.15) is 11.5 Å². The van der Waals surface area contributed by atoms with Crippen LogP contribution in [0.15, 0.2) is 29.2 Å². The van der Waals surface area contributed by atoms with E-state index in [1.807, 2.05) is 12.1 Å². The van der Waals surface area contributed by atoms with Gasteiger partial charge in [-0.1, -0.05) is 17.8 Å². The maximum absolute atomic E-state index is 11.9. The lowest BCUT2D eigenvalue weighted by Gasteiger charge is -1.99. The standard InChI is InChI=1S/C11H15F2NOS/c1-2-3-6-14-7-9-4-5-10(15-9)8-16-11(12)13/h2,4-5,11,14H,1,3,6-8H2. The molecule has 0 aliphatic rings. The summed E-state index contributed by atoms with van der Waals surface area (Å²) in [5, 5.41) is 3.16. The summed E-state index contributed by atoms with van der Waals surface area (Å²) in [4.78, 5) is 0. The number of thioether (sulfide) groups is 1. The molecule has 0 spiro atoms. The highest BCUT2D eigenvalue weighted by Crippen LogP contribution is 2.21. The third-order valence-electron chi connectivity index (χ3n) is 1.89. The zero-order chi connectivity index (χ0) is 11.8. The Kier molecular flexibility index (Phi) is 6.18. The summed E-state index contributed by atoms with van der Waals surface area (Å²) < 4.78 is 29.2. The van der Waals surface area contributed by atoms with Gasteiger partial charge in [-0.3, -0.25) is 0 Å². The van der Waals surface area contributed by atoms with Gasteiger partial charge in [-0.2, -0.15) is 8.78 Å². The van der Waals surface area contributed by atoms with Crippen LogP contribution in [0.3, 0.4) is 0 Å². The normalized spacial score (nSPS) is 10.9. The van der Waals surface area contributed by atoms with Crippen molar-refractivity contribution in [2.75, 3.05) is 6.54 Å². The summed E-state index contributed by atoms with van der Waals surface area (Å²) in [5.74, 6) is -0.774. The number of rotatable bonds is 8. The van der Waals surface area contributed by atoms with Gasteiger partial charge in [0.05, 0.1) is 12.3 Å². The van der Waals surface area contributed by atoms with Crippen LogP contribution in [0, 0.1) is 0 Å². The molecule has 16 heavy (non-hydrogen) atoms. The van der Waals surface area contributed by atoms with E-state index in [2.05, 4.69) is 11.9 Å². The van der Waals surface area contributed by atoms with Crippen LogP contribution in [0.1, 0.15) is 17.9 Å². The molecule has 0 amide bonds. The van der Waals surface area contributed by atoms with Gasteiger partial charge >= 0.3 is 0 Å². The van der Waals surface area contributed by atoms with Crippen LogP contribution in [-0.4, -0.2) is 12.3 Å². The molecule has 0 atom stereocenters. The van der Waals surface area contributed by atoms with Gasteiger partial charge in [-0.05, 0) is 25.1 Å². The maximum atomic E-state index is 11.9. The van der Waals surface area contributed by atoms with Crippen LogP contribution in [0.4, 0.5) is 8.78 Å². The van der Waals surface area contributed by atoms with Crippen LogP contribution >= 0.6 is 11.8 Å². The summed E-state index contributed by atoms with van der Waals surface area (Å²) in [6, 6.07) is 3.54.